The van der Waals surface area contributed by atoms with Crippen LogP contribution in [0.4, 0.5) is 5.69 Å². The minimum atomic E-state index is 0.739. The van der Waals surface area contributed by atoms with Crippen molar-refractivity contribution in [3.05, 3.63) is 48.0 Å². The second kappa shape index (κ2) is 7.49. The van der Waals surface area contributed by atoms with Crippen molar-refractivity contribution >= 4 is 12.0 Å². The quantitative estimate of drug-likeness (QED) is 0.808. The molecule has 0 N–H and O–H groups in total. The Bertz CT molecular complexity index is 715. The van der Waals surface area contributed by atoms with Crippen LogP contribution in [-0.4, -0.2) is 51.5 Å². The Morgan fingerprint density at radius 2 is 1.88 bits per heavy atom. The number of ether oxygens (including phenoxy) is 1. The smallest absolute Gasteiger partial charge is 0.152 e. The number of methoxy groups -OCH3 is 1. The van der Waals surface area contributed by atoms with E-state index in [9.17, 15) is 4.79 Å². The second-order valence-corrected chi connectivity index (χ2v) is 6.24. The number of aldehydes is 1. The van der Waals surface area contributed by atoms with E-state index in [-0.39, 0.29) is 0 Å². The number of nitrogens with zero attached hydrogens (tertiary/aromatic N) is 2. The Balaban J connectivity index is 1.95. The maximum atomic E-state index is 11.7. The van der Waals surface area contributed by atoms with Crippen molar-refractivity contribution in [1.82, 2.24) is 4.90 Å². The van der Waals surface area contributed by atoms with E-state index in [1.54, 1.807) is 7.11 Å². The van der Waals surface area contributed by atoms with Gasteiger partial charge in [-0.05, 0) is 43.8 Å². The average Bonchev–Trinajstić information content (AvgIpc) is 2.85. The van der Waals surface area contributed by atoms with Crippen molar-refractivity contribution in [2.75, 3.05) is 45.2 Å². The highest BCUT2D eigenvalue weighted by molar-refractivity contribution is 5.88. The first-order valence-corrected chi connectivity index (χ1v) is 8.39. The third-order valence-corrected chi connectivity index (χ3v) is 4.63. The van der Waals surface area contributed by atoms with Gasteiger partial charge in [-0.1, -0.05) is 24.3 Å². The molecule has 0 bridgehead atoms. The third kappa shape index (κ3) is 3.44. The SMILES string of the molecule is COc1ccccc1-c1ccc(N2CCCN(C)CC2)c(C=O)c1. The number of hydrogen-bond acceptors (Lipinski definition) is 4. The van der Waals surface area contributed by atoms with Gasteiger partial charge in [0, 0.05) is 36.4 Å². The summed E-state index contributed by atoms with van der Waals surface area (Å²) in [6.07, 6.45) is 2.08. The zero-order valence-corrected chi connectivity index (χ0v) is 14.4. The van der Waals surface area contributed by atoms with Gasteiger partial charge in [0.1, 0.15) is 5.75 Å². The summed E-state index contributed by atoms with van der Waals surface area (Å²) in [5.74, 6) is 0.818. The summed E-state index contributed by atoms with van der Waals surface area (Å²) in [7, 11) is 3.82. The van der Waals surface area contributed by atoms with E-state index >= 15 is 0 Å². The summed E-state index contributed by atoms with van der Waals surface area (Å²) in [6.45, 7) is 4.06. The first-order valence-electron chi connectivity index (χ1n) is 8.39. The summed E-state index contributed by atoms with van der Waals surface area (Å²) in [4.78, 5) is 16.3. The van der Waals surface area contributed by atoms with Crippen molar-refractivity contribution in [2.45, 2.75) is 6.42 Å². The first-order chi connectivity index (χ1) is 11.7. The van der Waals surface area contributed by atoms with E-state index in [1.807, 2.05) is 30.3 Å². The zero-order valence-electron chi connectivity index (χ0n) is 14.4. The first kappa shape index (κ1) is 16.5. The molecule has 24 heavy (non-hydrogen) atoms. The van der Waals surface area contributed by atoms with Gasteiger partial charge in [-0.2, -0.15) is 0 Å². The van der Waals surface area contributed by atoms with Gasteiger partial charge in [0.2, 0.25) is 0 Å². The van der Waals surface area contributed by atoms with E-state index in [0.717, 1.165) is 67.0 Å². The minimum absolute atomic E-state index is 0.739. The fourth-order valence-electron chi connectivity index (χ4n) is 3.27. The fourth-order valence-corrected chi connectivity index (χ4v) is 3.27. The molecule has 4 nitrogen and oxygen atoms in total. The van der Waals surface area contributed by atoms with Crippen LogP contribution >= 0.6 is 0 Å². The van der Waals surface area contributed by atoms with E-state index in [2.05, 4.69) is 29.0 Å². The van der Waals surface area contributed by atoms with Crippen LogP contribution in [0.3, 0.4) is 0 Å². The van der Waals surface area contributed by atoms with Gasteiger partial charge in [0.15, 0.2) is 6.29 Å². The molecule has 1 saturated heterocycles. The maximum absolute atomic E-state index is 11.7. The van der Waals surface area contributed by atoms with Crippen LogP contribution < -0.4 is 9.64 Å². The number of likely N-dealkylation sites (N-methyl/N-ethyl adjacent to an activating group) is 1. The summed E-state index contributed by atoms with van der Waals surface area (Å²) in [5.41, 5.74) is 3.78. The van der Waals surface area contributed by atoms with Gasteiger partial charge in [-0.3, -0.25) is 4.79 Å². The molecule has 4 heteroatoms. The van der Waals surface area contributed by atoms with Crippen LogP contribution in [0.25, 0.3) is 11.1 Å². The van der Waals surface area contributed by atoms with Crippen LogP contribution in [0, 0.1) is 0 Å². The predicted molar refractivity (Wildman–Crippen MR) is 98.1 cm³/mol. The normalized spacial score (nSPS) is 15.8. The van der Waals surface area contributed by atoms with Gasteiger partial charge in [0.25, 0.3) is 0 Å². The molecule has 0 spiro atoms. The Hall–Kier alpha value is -2.33. The molecule has 2 aromatic carbocycles. The van der Waals surface area contributed by atoms with Gasteiger partial charge in [-0.15, -0.1) is 0 Å². The van der Waals surface area contributed by atoms with Gasteiger partial charge in [-0.25, -0.2) is 0 Å². The number of carbonyl (C=O) groups excluding carboxylic acids is 1. The molecule has 0 aromatic heterocycles. The number of para-hydroxylation sites is 1. The summed E-state index contributed by atoms with van der Waals surface area (Å²) in [6, 6.07) is 14.0. The number of rotatable bonds is 4. The number of carbonyl (C=O) groups is 1. The Morgan fingerprint density at radius 3 is 2.67 bits per heavy atom. The molecule has 2 aromatic rings. The predicted octanol–water partition coefficient (Wildman–Crippen LogP) is 3.32. The van der Waals surface area contributed by atoms with Crippen LogP contribution in [-0.2, 0) is 0 Å². The fraction of sp³-hybridized carbons (Fsp3) is 0.350. The van der Waals surface area contributed by atoms with Crippen molar-refractivity contribution < 1.29 is 9.53 Å². The van der Waals surface area contributed by atoms with Crippen LogP contribution in [0.5, 0.6) is 5.75 Å². The molecule has 126 valence electrons. The molecule has 1 fully saturated rings. The van der Waals surface area contributed by atoms with Gasteiger partial charge >= 0.3 is 0 Å². The molecule has 0 amide bonds. The van der Waals surface area contributed by atoms with Crippen molar-refractivity contribution in [2.24, 2.45) is 0 Å². The highest BCUT2D eigenvalue weighted by Gasteiger charge is 2.16. The lowest BCUT2D eigenvalue weighted by Crippen LogP contribution is -2.29. The molecule has 0 unspecified atom stereocenters. The van der Waals surface area contributed by atoms with E-state index in [0.29, 0.717) is 0 Å². The molecule has 1 heterocycles. The lowest BCUT2D eigenvalue weighted by molar-refractivity contribution is 0.112. The largest absolute Gasteiger partial charge is 0.496 e. The van der Waals surface area contributed by atoms with Gasteiger partial charge in [0.05, 0.1) is 7.11 Å². The summed E-state index contributed by atoms with van der Waals surface area (Å²) >= 11 is 0. The van der Waals surface area contributed by atoms with Crippen molar-refractivity contribution in [3.8, 4) is 16.9 Å². The second-order valence-electron chi connectivity index (χ2n) is 6.24. The summed E-state index contributed by atoms with van der Waals surface area (Å²) < 4.78 is 5.44. The maximum Gasteiger partial charge on any atom is 0.152 e. The van der Waals surface area contributed by atoms with Crippen molar-refractivity contribution in [3.63, 3.8) is 0 Å². The molecular formula is C20H24N2O2. The van der Waals surface area contributed by atoms with Gasteiger partial charge < -0.3 is 14.5 Å². The molecule has 0 aliphatic carbocycles. The molecule has 0 saturated carbocycles. The Kier molecular flexibility index (Phi) is 5.16. The number of benzene rings is 2. The molecular weight excluding hydrogens is 300 g/mol. The monoisotopic (exact) mass is 324 g/mol. The lowest BCUT2D eigenvalue weighted by atomic mass is 10.0. The molecule has 0 atom stereocenters. The molecule has 1 aliphatic rings. The van der Waals surface area contributed by atoms with E-state index in [4.69, 9.17) is 4.74 Å². The Labute approximate surface area is 143 Å². The topological polar surface area (TPSA) is 32.8 Å². The molecule has 1 aliphatic heterocycles. The zero-order chi connectivity index (χ0) is 16.9. The summed E-state index contributed by atoms with van der Waals surface area (Å²) in [5, 5.41) is 0. The highest BCUT2D eigenvalue weighted by atomic mass is 16.5. The third-order valence-electron chi connectivity index (χ3n) is 4.63. The van der Waals surface area contributed by atoms with Crippen LogP contribution in [0.15, 0.2) is 42.5 Å². The molecule has 0 radical (unpaired) electrons. The standard InChI is InChI=1S/C20H24N2O2/c1-21-10-5-11-22(13-12-21)19-9-8-16(14-17(19)15-23)18-6-3-4-7-20(18)24-2/h3-4,6-9,14-15H,5,10-13H2,1-2H3. The van der Waals surface area contributed by atoms with Crippen molar-refractivity contribution in [1.29, 1.82) is 0 Å². The Morgan fingerprint density at radius 1 is 1.04 bits per heavy atom. The lowest BCUT2D eigenvalue weighted by Gasteiger charge is -2.24. The minimum Gasteiger partial charge on any atom is -0.496 e. The number of anilines is 1. The molecule has 3 rings (SSSR count). The van der Waals surface area contributed by atoms with Crippen LogP contribution in [0.2, 0.25) is 0 Å². The van der Waals surface area contributed by atoms with E-state index in [1.165, 1.54) is 0 Å². The number of hydrogen-bond donors (Lipinski definition) is 0. The van der Waals surface area contributed by atoms with E-state index < -0.39 is 0 Å². The average molecular weight is 324 g/mol. The van der Waals surface area contributed by atoms with Crippen LogP contribution in [0.1, 0.15) is 16.8 Å². The highest BCUT2D eigenvalue weighted by Crippen LogP contribution is 2.32.